The number of aromatic nitrogens is 4. The molecule has 0 aliphatic carbocycles. The maximum Gasteiger partial charge on any atom is 0.192 e. The molecule has 0 saturated carbocycles. The lowest BCUT2D eigenvalue weighted by molar-refractivity contribution is -0.0562. The van der Waals surface area contributed by atoms with Gasteiger partial charge in [-0.3, -0.25) is 4.57 Å². The van der Waals surface area contributed by atoms with Gasteiger partial charge in [0.1, 0.15) is 24.1 Å². The lowest BCUT2D eigenvalue weighted by Gasteiger charge is -2.44. The van der Waals surface area contributed by atoms with Crippen LogP contribution < -0.4 is 10.6 Å². The molecule has 2 N–H and O–H groups in total. The molecule has 0 unspecified atom stereocenters. The van der Waals surface area contributed by atoms with E-state index in [1.54, 1.807) is 7.11 Å². The van der Waals surface area contributed by atoms with E-state index in [2.05, 4.69) is 157 Å². The SMILES string of the molecule is CCC(CC)NCCc1nc(NCC(c2ccccc2)c2ccccc2)c2ncn([C@@H]3O[C@H](COC)[C@@H](O[Si](C)(C)C(C)(C)C)[C@@H]3O[Si](C)(C)C(C)(C)C)c2n1. The molecule has 4 atom stereocenters. The first kappa shape index (κ1) is 44.1. The van der Waals surface area contributed by atoms with Crippen molar-refractivity contribution in [2.45, 2.75) is 147 Å². The second-order valence-electron chi connectivity index (χ2n) is 18.5. The van der Waals surface area contributed by atoms with E-state index in [0.717, 1.165) is 25.2 Å². The Morgan fingerprint density at radius 3 is 1.88 bits per heavy atom. The molecule has 4 aromatic rings. The summed E-state index contributed by atoms with van der Waals surface area (Å²) in [4.78, 5) is 15.4. The van der Waals surface area contributed by atoms with Crippen LogP contribution in [0.3, 0.4) is 0 Å². The predicted octanol–water partition coefficient (Wildman–Crippen LogP) is 9.72. The minimum atomic E-state index is -2.33. The van der Waals surface area contributed by atoms with Crippen LogP contribution >= 0.6 is 0 Å². The molecule has 5 rings (SSSR count). The predicted molar refractivity (Wildman–Crippen MR) is 235 cm³/mol. The second kappa shape index (κ2) is 18.3. The number of methoxy groups -OCH3 is 1. The molecule has 12 heteroatoms. The Kier molecular flexibility index (Phi) is 14.4. The first-order valence-electron chi connectivity index (χ1n) is 20.7. The second-order valence-corrected chi connectivity index (χ2v) is 28.0. The van der Waals surface area contributed by atoms with Crippen molar-refractivity contribution in [1.29, 1.82) is 0 Å². The Labute approximate surface area is 339 Å². The first-order chi connectivity index (χ1) is 26.4. The molecular weight excluding hydrogens is 733 g/mol. The Hall–Kier alpha value is -2.98. The summed E-state index contributed by atoms with van der Waals surface area (Å²) in [5.41, 5.74) is 3.89. The molecule has 2 aromatic carbocycles. The van der Waals surface area contributed by atoms with Crippen LogP contribution in [0.2, 0.25) is 36.3 Å². The van der Waals surface area contributed by atoms with Crippen LogP contribution in [0.1, 0.15) is 97.3 Å². The number of ether oxygens (including phenoxy) is 2. The summed E-state index contributed by atoms with van der Waals surface area (Å²) in [6.45, 7) is 29.1. The average Bonchev–Trinajstić information content (AvgIpc) is 3.70. The fourth-order valence-electron chi connectivity index (χ4n) is 6.88. The zero-order valence-corrected chi connectivity index (χ0v) is 38.5. The smallest absolute Gasteiger partial charge is 0.192 e. The summed E-state index contributed by atoms with van der Waals surface area (Å²) in [6, 6.07) is 21.8. The highest BCUT2D eigenvalue weighted by molar-refractivity contribution is 6.74. The number of fused-ring (bicyclic) bond motifs is 1. The third kappa shape index (κ3) is 10.2. The van der Waals surface area contributed by atoms with Gasteiger partial charge in [-0.15, -0.1) is 0 Å². The number of nitrogens with one attached hydrogen (secondary N) is 2. The third-order valence-corrected chi connectivity index (χ3v) is 21.4. The normalized spacial score (nSPS) is 19.8. The lowest BCUT2D eigenvalue weighted by atomic mass is 9.91. The van der Waals surface area contributed by atoms with E-state index >= 15 is 0 Å². The van der Waals surface area contributed by atoms with Crippen LogP contribution in [0, 0.1) is 0 Å². The van der Waals surface area contributed by atoms with E-state index in [4.69, 9.17) is 33.3 Å². The highest BCUT2D eigenvalue weighted by Gasteiger charge is 2.54. The molecule has 1 aliphatic heterocycles. The molecule has 1 aliphatic rings. The maximum atomic E-state index is 7.39. The van der Waals surface area contributed by atoms with Gasteiger partial charge in [0.2, 0.25) is 0 Å². The fraction of sp³-hybridized carbons (Fsp3) is 0.614. The van der Waals surface area contributed by atoms with Gasteiger partial charge in [-0.05, 0) is 60.2 Å². The molecule has 1 saturated heterocycles. The number of nitrogens with zero attached hydrogens (tertiary/aromatic N) is 4. The van der Waals surface area contributed by atoms with Crippen LogP contribution in [0.5, 0.6) is 0 Å². The average molecular weight is 803 g/mol. The lowest BCUT2D eigenvalue weighted by Crippen LogP contribution is -2.54. The summed E-state index contributed by atoms with van der Waals surface area (Å²) in [7, 11) is -2.87. The minimum Gasteiger partial charge on any atom is -0.408 e. The number of imidazole rings is 1. The molecule has 0 spiro atoms. The number of hydrogen-bond acceptors (Lipinski definition) is 9. The van der Waals surface area contributed by atoms with E-state index in [1.165, 1.54) is 11.1 Å². The van der Waals surface area contributed by atoms with E-state index in [0.29, 0.717) is 42.6 Å². The van der Waals surface area contributed by atoms with E-state index < -0.39 is 29.0 Å². The fourth-order valence-corrected chi connectivity index (χ4v) is 9.48. The Morgan fingerprint density at radius 2 is 1.36 bits per heavy atom. The molecule has 3 heterocycles. The summed E-state index contributed by atoms with van der Waals surface area (Å²) >= 11 is 0. The zero-order chi connectivity index (χ0) is 40.9. The Bertz CT molecular complexity index is 1780. The summed E-state index contributed by atoms with van der Waals surface area (Å²) in [5, 5.41) is 7.43. The molecule has 1 fully saturated rings. The van der Waals surface area contributed by atoms with Crippen molar-refractivity contribution in [2.75, 3.05) is 32.1 Å². The van der Waals surface area contributed by atoms with Gasteiger partial charge < -0.3 is 29.0 Å². The van der Waals surface area contributed by atoms with Crippen molar-refractivity contribution >= 4 is 33.6 Å². The van der Waals surface area contributed by atoms with Crippen LogP contribution in [0.15, 0.2) is 67.0 Å². The molecule has 0 amide bonds. The van der Waals surface area contributed by atoms with E-state index in [1.807, 2.05) is 6.33 Å². The zero-order valence-electron chi connectivity index (χ0n) is 36.5. The number of benzene rings is 2. The maximum absolute atomic E-state index is 7.39. The molecule has 10 nitrogen and oxygen atoms in total. The van der Waals surface area contributed by atoms with Gasteiger partial charge in [0.15, 0.2) is 39.8 Å². The van der Waals surface area contributed by atoms with Crippen molar-refractivity contribution in [3.63, 3.8) is 0 Å². The van der Waals surface area contributed by atoms with Crippen molar-refractivity contribution in [3.05, 3.63) is 83.9 Å². The standard InChI is InChI=1S/C44H70N6O4Si2/c1-14-33(15-2)45-27-26-36-48-40(46-28-34(31-22-18-16-19-23-31)32-24-20-17-21-25-32)37-41(49-36)50(30-47-37)42-39(54-56(12,13)44(6,7)8)38(35(52-42)29-51-9)53-55(10,11)43(3,4)5/h16-25,30,33-35,38-39,42,45H,14-15,26-29H2,1-13H3,(H,46,48,49)/t35-,38-,39+,42-/m1/s1. The van der Waals surface area contributed by atoms with E-state index in [-0.39, 0.29) is 28.2 Å². The van der Waals surface area contributed by atoms with Crippen molar-refractivity contribution < 1.29 is 18.3 Å². The molecular formula is C44H70N6O4Si2. The van der Waals surface area contributed by atoms with Gasteiger partial charge in [0.25, 0.3) is 0 Å². The van der Waals surface area contributed by atoms with Gasteiger partial charge in [-0.1, -0.05) is 116 Å². The van der Waals surface area contributed by atoms with Gasteiger partial charge >= 0.3 is 0 Å². The van der Waals surface area contributed by atoms with Gasteiger partial charge in [-0.2, -0.15) is 0 Å². The Balaban J connectivity index is 1.61. The third-order valence-electron chi connectivity index (χ3n) is 12.5. The van der Waals surface area contributed by atoms with Crippen LogP contribution in [-0.2, 0) is 24.7 Å². The number of hydrogen-bond donors (Lipinski definition) is 2. The quantitative estimate of drug-likeness (QED) is 0.0952. The molecule has 0 bridgehead atoms. The highest BCUT2D eigenvalue weighted by atomic mass is 28.4. The Morgan fingerprint density at radius 1 is 0.804 bits per heavy atom. The van der Waals surface area contributed by atoms with Crippen LogP contribution in [-0.4, -0.2) is 87.3 Å². The number of anilines is 1. The monoisotopic (exact) mass is 802 g/mol. The highest BCUT2D eigenvalue weighted by Crippen LogP contribution is 2.46. The molecule has 308 valence electrons. The van der Waals surface area contributed by atoms with Crippen molar-refractivity contribution in [1.82, 2.24) is 24.8 Å². The minimum absolute atomic E-state index is 0.00537. The van der Waals surface area contributed by atoms with E-state index in [9.17, 15) is 0 Å². The number of rotatable bonds is 18. The largest absolute Gasteiger partial charge is 0.408 e. The van der Waals surface area contributed by atoms with Gasteiger partial charge in [-0.25, -0.2) is 15.0 Å². The van der Waals surface area contributed by atoms with Gasteiger partial charge in [0, 0.05) is 38.6 Å². The molecule has 0 radical (unpaired) electrons. The van der Waals surface area contributed by atoms with Gasteiger partial charge in [0.05, 0.1) is 12.9 Å². The summed E-state index contributed by atoms with van der Waals surface area (Å²) in [5.74, 6) is 1.57. The van der Waals surface area contributed by atoms with Crippen LogP contribution in [0.25, 0.3) is 11.2 Å². The van der Waals surface area contributed by atoms with Crippen molar-refractivity contribution in [2.24, 2.45) is 0 Å². The summed E-state index contributed by atoms with van der Waals surface area (Å²) in [6.07, 6.45) is 3.05. The van der Waals surface area contributed by atoms with Crippen LogP contribution in [0.4, 0.5) is 5.82 Å². The van der Waals surface area contributed by atoms with Crippen molar-refractivity contribution in [3.8, 4) is 0 Å². The topological polar surface area (TPSA) is 105 Å². The summed E-state index contributed by atoms with van der Waals surface area (Å²) < 4.78 is 29.6. The molecule has 2 aromatic heterocycles. The first-order valence-corrected chi connectivity index (χ1v) is 26.5. The molecule has 56 heavy (non-hydrogen) atoms.